The topological polar surface area (TPSA) is 59.9 Å². The molecular weight excluding hydrogens is 388 g/mol. The second-order valence-electron chi connectivity index (χ2n) is 7.14. The number of unbranched alkanes of at least 4 members (excludes halogenated alkanes) is 1. The van der Waals surface area contributed by atoms with Gasteiger partial charge < -0.3 is 9.47 Å². The lowest BCUT2D eigenvalue weighted by molar-refractivity contribution is -0.123. The number of para-hydroxylation sites is 1. The number of hydrogen-bond donors (Lipinski definition) is 1. The van der Waals surface area contributed by atoms with Gasteiger partial charge in [-0.3, -0.25) is 4.79 Å². The minimum Gasteiger partial charge on any atom is -0.488 e. The van der Waals surface area contributed by atoms with Crippen molar-refractivity contribution in [2.45, 2.75) is 32.8 Å². The molecule has 5 nitrogen and oxygen atoms in total. The summed E-state index contributed by atoms with van der Waals surface area (Å²) in [6.45, 7) is 2.54. The maximum atomic E-state index is 12.0. The van der Waals surface area contributed by atoms with Crippen molar-refractivity contribution in [1.82, 2.24) is 5.43 Å². The van der Waals surface area contributed by atoms with Crippen molar-refractivity contribution < 1.29 is 14.3 Å². The molecule has 3 aromatic carbocycles. The highest BCUT2D eigenvalue weighted by atomic mass is 16.5. The fraction of sp³-hybridized carbons (Fsp3) is 0.231. The van der Waals surface area contributed by atoms with Crippen LogP contribution in [0.2, 0.25) is 0 Å². The molecule has 160 valence electrons. The summed E-state index contributed by atoms with van der Waals surface area (Å²) in [5, 5.41) is 4.03. The molecule has 0 spiro atoms. The van der Waals surface area contributed by atoms with Gasteiger partial charge in [-0.2, -0.15) is 5.10 Å². The number of nitrogens with one attached hydrogen (secondary N) is 1. The average molecular weight is 417 g/mol. The molecule has 0 aliphatic heterocycles. The molecule has 0 saturated carbocycles. The van der Waals surface area contributed by atoms with Crippen LogP contribution in [0.5, 0.6) is 11.5 Å². The van der Waals surface area contributed by atoms with Crippen molar-refractivity contribution >= 4 is 12.1 Å². The number of benzene rings is 3. The van der Waals surface area contributed by atoms with E-state index in [1.807, 2.05) is 78.9 Å². The minimum atomic E-state index is -0.325. The van der Waals surface area contributed by atoms with Gasteiger partial charge in [-0.1, -0.05) is 67.9 Å². The second kappa shape index (κ2) is 12.2. The Balaban J connectivity index is 1.46. The molecule has 0 aliphatic carbocycles. The standard InChI is InChI=1S/C26H28N2O3/c1-2-3-9-21-14-16-24(17-15-21)30-20-26(29)28-27-18-23-12-7-8-13-25(23)31-19-22-10-5-4-6-11-22/h4-8,10-18H,2-3,9,19-20H2,1H3,(H,28,29)/b27-18+. The number of ether oxygens (including phenoxy) is 2. The smallest absolute Gasteiger partial charge is 0.277 e. The van der Waals surface area contributed by atoms with Crippen LogP contribution in [0.25, 0.3) is 0 Å². The molecular formula is C26H28N2O3. The summed E-state index contributed by atoms with van der Waals surface area (Å²) in [6.07, 6.45) is 4.97. The SMILES string of the molecule is CCCCc1ccc(OCC(=O)N/N=C/c2ccccc2OCc2ccccc2)cc1. The Morgan fingerprint density at radius 2 is 1.65 bits per heavy atom. The van der Waals surface area contributed by atoms with Crippen LogP contribution in [0.1, 0.15) is 36.5 Å². The van der Waals surface area contributed by atoms with E-state index in [0.29, 0.717) is 18.1 Å². The van der Waals surface area contributed by atoms with Crippen LogP contribution < -0.4 is 14.9 Å². The Hall–Kier alpha value is -3.60. The number of amides is 1. The molecule has 31 heavy (non-hydrogen) atoms. The van der Waals surface area contributed by atoms with E-state index in [2.05, 4.69) is 17.5 Å². The highest BCUT2D eigenvalue weighted by Crippen LogP contribution is 2.17. The largest absolute Gasteiger partial charge is 0.488 e. The zero-order valence-electron chi connectivity index (χ0n) is 17.8. The third kappa shape index (κ3) is 7.63. The van der Waals surface area contributed by atoms with Crippen LogP contribution in [0.15, 0.2) is 84.0 Å². The number of hydrazone groups is 1. The molecule has 0 atom stereocenters. The zero-order chi connectivity index (χ0) is 21.7. The predicted octanol–water partition coefficient (Wildman–Crippen LogP) is 5.14. The maximum Gasteiger partial charge on any atom is 0.277 e. The first-order valence-corrected chi connectivity index (χ1v) is 10.5. The number of carbonyl (C=O) groups is 1. The fourth-order valence-corrected chi connectivity index (χ4v) is 2.94. The quantitative estimate of drug-likeness (QED) is 0.348. The maximum absolute atomic E-state index is 12.0. The number of nitrogens with zero attached hydrogens (tertiary/aromatic N) is 1. The van der Waals surface area contributed by atoms with Crippen molar-refractivity contribution in [3.05, 3.63) is 95.6 Å². The molecule has 1 N–H and O–H groups in total. The first kappa shape index (κ1) is 22.1. The van der Waals surface area contributed by atoms with E-state index in [1.54, 1.807) is 6.21 Å². The van der Waals surface area contributed by atoms with E-state index in [-0.39, 0.29) is 12.5 Å². The molecule has 5 heteroatoms. The van der Waals surface area contributed by atoms with Gasteiger partial charge in [0.25, 0.3) is 5.91 Å². The lowest BCUT2D eigenvalue weighted by Gasteiger charge is -2.09. The van der Waals surface area contributed by atoms with Gasteiger partial charge in [0.15, 0.2) is 6.61 Å². The van der Waals surface area contributed by atoms with Crippen LogP contribution >= 0.6 is 0 Å². The highest BCUT2D eigenvalue weighted by molar-refractivity contribution is 5.85. The van der Waals surface area contributed by atoms with Gasteiger partial charge in [-0.25, -0.2) is 5.43 Å². The van der Waals surface area contributed by atoms with Crippen LogP contribution in [-0.4, -0.2) is 18.7 Å². The molecule has 0 radical (unpaired) electrons. The predicted molar refractivity (Wildman–Crippen MR) is 124 cm³/mol. The van der Waals surface area contributed by atoms with Crippen molar-refractivity contribution in [1.29, 1.82) is 0 Å². The van der Waals surface area contributed by atoms with Gasteiger partial charge >= 0.3 is 0 Å². The van der Waals surface area contributed by atoms with Crippen molar-refractivity contribution in [3.8, 4) is 11.5 Å². The molecule has 0 saturated heterocycles. The lowest BCUT2D eigenvalue weighted by atomic mass is 10.1. The van der Waals surface area contributed by atoms with Crippen LogP contribution in [0, 0.1) is 0 Å². The summed E-state index contributed by atoms with van der Waals surface area (Å²) in [7, 11) is 0. The summed E-state index contributed by atoms with van der Waals surface area (Å²) in [5.41, 5.74) is 5.63. The summed E-state index contributed by atoms with van der Waals surface area (Å²) in [5.74, 6) is 1.04. The molecule has 0 aromatic heterocycles. The number of rotatable bonds is 11. The first-order chi connectivity index (χ1) is 15.2. The van der Waals surface area contributed by atoms with E-state index < -0.39 is 0 Å². The third-order valence-corrected chi connectivity index (χ3v) is 4.66. The minimum absolute atomic E-state index is 0.0994. The molecule has 0 unspecified atom stereocenters. The molecule has 0 aliphatic rings. The van der Waals surface area contributed by atoms with Gasteiger partial charge in [0.1, 0.15) is 18.1 Å². The average Bonchev–Trinajstić information content (AvgIpc) is 2.82. The van der Waals surface area contributed by atoms with E-state index in [4.69, 9.17) is 9.47 Å². The summed E-state index contributed by atoms with van der Waals surface area (Å²) in [4.78, 5) is 12.0. The molecule has 1 amide bonds. The van der Waals surface area contributed by atoms with Crippen molar-refractivity contribution in [2.75, 3.05) is 6.61 Å². The third-order valence-electron chi connectivity index (χ3n) is 4.66. The molecule has 3 aromatic rings. The lowest BCUT2D eigenvalue weighted by Crippen LogP contribution is -2.24. The van der Waals surface area contributed by atoms with Crippen molar-refractivity contribution in [2.24, 2.45) is 5.10 Å². The van der Waals surface area contributed by atoms with Gasteiger partial charge in [-0.15, -0.1) is 0 Å². The second-order valence-corrected chi connectivity index (χ2v) is 7.14. The van der Waals surface area contributed by atoms with E-state index in [1.165, 1.54) is 18.4 Å². The van der Waals surface area contributed by atoms with Crippen LogP contribution in [0.4, 0.5) is 0 Å². The van der Waals surface area contributed by atoms with E-state index in [9.17, 15) is 4.79 Å². The number of hydrogen-bond acceptors (Lipinski definition) is 4. The van der Waals surface area contributed by atoms with Crippen molar-refractivity contribution in [3.63, 3.8) is 0 Å². The summed E-state index contributed by atoms with van der Waals surface area (Å²) >= 11 is 0. The molecule has 0 fully saturated rings. The zero-order valence-corrected chi connectivity index (χ0v) is 17.8. The fourth-order valence-electron chi connectivity index (χ4n) is 2.94. The van der Waals surface area contributed by atoms with Crippen LogP contribution in [0.3, 0.4) is 0 Å². The number of carbonyl (C=O) groups excluding carboxylic acids is 1. The van der Waals surface area contributed by atoms with E-state index >= 15 is 0 Å². The molecule has 3 rings (SSSR count). The monoisotopic (exact) mass is 416 g/mol. The van der Waals surface area contributed by atoms with Gasteiger partial charge in [0, 0.05) is 5.56 Å². The normalized spacial score (nSPS) is 10.7. The molecule has 0 heterocycles. The Bertz CT molecular complexity index is 969. The Morgan fingerprint density at radius 1 is 0.903 bits per heavy atom. The van der Waals surface area contributed by atoms with Gasteiger partial charge in [0.2, 0.25) is 0 Å². The Morgan fingerprint density at radius 3 is 2.42 bits per heavy atom. The Labute approximate surface area is 183 Å². The van der Waals surface area contributed by atoms with Gasteiger partial charge in [-0.05, 0) is 48.2 Å². The van der Waals surface area contributed by atoms with E-state index in [0.717, 1.165) is 17.5 Å². The summed E-state index contributed by atoms with van der Waals surface area (Å²) in [6, 6.07) is 25.3. The molecule has 0 bridgehead atoms. The highest BCUT2D eigenvalue weighted by Gasteiger charge is 2.04. The number of aryl methyl sites for hydroxylation is 1. The van der Waals surface area contributed by atoms with Crippen LogP contribution in [-0.2, 0) is 17.8 Å². The van der Waals surface area contributed by atoms with Gasteiger partial charge in [0.05, 0.1) is 6.21 Å². The Kier molecular flexibility index (Phi) is 8.68. The summed E-state index contributed by atoms with van der Waals surface area (Å²) < 4.78 is 11.4. The first-order valence-electron chi connectivity index (χ1n) is 10.5.